The van der Waals surface area contributed by atoms with Gasteiger partial charge in [0.05, 0.1) is 5.25 Å². The predicted molar refractivity (Wildman–Crippen MR) is 91.7 cm³/mol. The van der Waals surface area contributed by atoms with Gasteiger partial charge in [-0.15, -0.1) is 11.8 Å². The summed E-state index contributed by atoms with van der Waals surface area (Å²) in [5.41, 5.74) is 1.27. The molecule has 1 atom stereocenters. The summed E-state index contributed by atoms with van der Waals surface area (Å²) in [5, 5.41) is 6.33. The molecule has 0 heterocycles. The summed E-state index contributed by atoms with van der Waals surface area (Å²) in [5.74, 6) is 0.128. The fraction of sp³-hybridized carbons (Fsp3) is 0.588. The highest BCUT2D eigenvalue weighted by Gasteiger charge is 2.13. The Balaban J connectivity index is 2.45. The predicted octanol–water partition coefficient (Wildman–Crippen LogP) is 3.58. The van der Waals surface area contributed by atoms with Crippen molar-refractivity contribution >= 4 is 17.7 Å². The summed E-state index contributed by atoms with van der Waals surface area (Å²) in [4.78, 5) is 13.1. The van der Waals surface area contributed by atoms with Gasteiger partial charge in [-0.25, -0.2) is 0 Å². The SMILES string of the molecule is CCCCNC(=O)C(C)Sc1cccc(CNCCC)c1. The Labute approximate surface area is 133 Å². The average Bonchev–Trinajstić information content (AvgIpc) is 2.48. The molecule has 118 valence electrons. The smallest absolute Gasteiger partial charge is 0.233 e. The molecule has 0 aliphatic carbocycles. The minimum absolute atomic E-state index is 0.0549. The zero-order chi connectivity index (χ0) is 15.5. The molecular formula is C17H28N2OS. The lowest BCUT2D eigenvalue weighted by Crippen LogP contribution is -2.31. The van der Waals surface area contributed by atoms with Crippen LogP contribution in [0.4, 0.5) is 0 Å². The van der Waals surface area contributed by atoms with Gasteiger partial charge in [0, 0.05) is 18.0 Å². The molecule has 4 heteroatoms. The molecule has 0 aliphatic rings. The van der Waals surface area contributed by atoms with Crippen LogP contribution in [0.1, 0.15) is 45.6 Å². The van der Waals surface area contributed by atoms with E-state index >= 15 is 0 Å². The average molecular weight is 308 g/mol. The van der Waals surface area contributed by atoms with Crippen molar-refractivity contribution in [3.63, 3.8) is 0 Å². The second-order valence-electron chi connectivity index (χ2n) is 5.23. The molecule has 1 aromatic carbocycles. The third kappa shape index (κ3) is 7.53. The number of nitrogens with one attached hydrogen (secondary N) is 2. The van der Waals surface area contributed by atoms with Gasteiger partial charge in [0.1, 0.15) is 0 Å². The van der Waals surface area contributed by atoms with E-state index in [9.17, 15) is 4.79 Å². The molecule has 0 saturated heterocycles. The lowest BCUT2D eigenvalue weighted by Gasteiger charge is -2.12. The minimum atomic E-state index is -0.0549. The molecule has 0 fully saturated rings. The lowest BCUT2D eigenvalue weighted by molar-refractivity contribution is -0.120. The molecule has 0 spiro atoms. The van der Waals surface area contributed by atoms with Crippen LogP contribution in [0, 0.1) is 0 Å². The molecule has 21 heavy (non-hydrogen) atoms. The summed E-state index contributed by atoms with van der Waals surface area (Å²) in [6, 6.07) is 8.43. The van der Waals surface area contributed by atoms with Crippen LogP contribution >= 0.6 is 11.8 Å². The number of carbonyl (C=O) groups is 1. The van der Waals surface area contributed by atoms with Crippen molar-refractivity contribution in [2.24, 2.45) is 0 Å². The quantitative estimate of drug-likeness (QED) is 0.513. The number of benzene rings is 1. The van der Waals surface area contributed by atoms with Crippen molar-refractivity contribution in [3.8, 4) is 0 Å². The normalized spacial score (nSPS) is 12.1. The van der Waals surface area contributed by atoms with E-state index in [1.807, 2.05) is 6.92 Å². The van der Waals surface area contributed by atoms with Crippen LogP contribution in [0.25, 0.3) is 0 Å². The summed E-state index contributed by atoms with van der Waals surface area (Å²) < 4.78 is 0. The van der Waals surface area contributed by atoms with Crippen LogP contribution in [0.15, 0.2) is 29.2 Å². The van der Waals surface area contributed by atoms with E-state index in [0.29, 0.717) is 0 Å². The standard InChI is InChI=1S/C17H28N2OS/c1-4-6-11-19-17(20)14(3)21-16-9-7-8-15(12-16)13-18-10-5-2/h7-9,12,14,18H,4-6,10-11,13H2,1-3H3,(H,19,20). The first-order valence-corrected chi connectivity index (χ1v) is 8.79. The van der Waals surface area contributed by atoms with Gasteiger partial charge in [0.25, 0.3) is 0 Å². The van der Waals surface area contributed by atoms with Crippen molar-refractivity contribution < 1.29 is 4.79 Å². The Morgan fingerprint density at radius 3 is 2.76 bits per heavy atom. The third-order valence-corrected chi connectivity index (χ3v) is 4.26. The van der Waals surface area contributed by atoms with E-state index in [-0.39, 0.29) is 11.2 Å². The van der Waals surface area contributed by atoms with Crippen molar-refractivity contribution in [2.75, 3.05) is 13.1 Å². The van der Waals surface area contributed by atoms with E-state index in [2.05, 4.69) is 48.7 Å². The van der Waals surface area contributed by atoms with Crippen molar-refractivity contribution in [2.45, 2.75) is 56.7 Å². The number of carbonyl (C=O) groups excluding carboxylic acids is 1. The minimum Gasteiger partial charge on any atom is -0.355 e. The fourth-order valence-corrected chi connectivity index (χ4v) is 2.90. The zero-order valence-corrected chi connectivity index (χ0v) is 14.3. The Morgan fingerprint density at radius 2 is 2.05 bits per heavy atom. The number of unbranched alkanes of at least 4 members (excludes halogenated alkanes) is 1. The van der Waals surface area contributed by atoms with E-state index in [1.165, 1.54) is 5.56 Å². The molecule has 1 aromatic rings. The highest BCUT2D eigenvalue weighted by molar-refractivity contribution is 8.00. The molecule has 1 amide bonds. The summed E-state index contributed by atoms with van der Waals surface area (Å²) in [6.07, 6.45) is 3.29. The van der Waals surface area contributed by atoms with E-state index < -0.39 is 0 Å². The molecule has 0 saturated carbocycles. The first-order valence-electron chi connectivity index (χ1n) is 7.91. The van der Waals surface area contributed by atoms with Gasteiger partial charge in [0.2, 0.25) is 5.91 Å². The molecular weight excluding hydrogens is 280 g/mol. The van der Waals surface area contributed by atoms with E-state index in [4.69, 9.17) is 0 Å². The maximum absolute atomic E-state index is 12.0. The van der Waals surface area contributed by atoms with Gasteiger partial charge in [0.15, 0.2) is 0 Å². The topological polar surface area (TPSA) is 41.1 Å². The van der Waals surface area contributed by atoms with E-state index in [0.717, 1.165) is 43.8 Å². The molecule has 1 rings (SSSR count). The molecule has 2 N–H and O–H groups in total. The van der Waals surface area contributed by atoms with Crippen molar-refractivity contribution in [3.05, 3.63) is 29.8 Å². The summed E-state index contributed by atoms with van der Waals surface area (Å²) in [6.45, 7) is 8.96. The van der Waals surface area contributed by atoms with Crippen LogP contribution in [0.3, 0.4) is 0 Å². The highest BCUT2D eigenvalue weighted by atomic mass is 32.2. The summed E-state index contributed by atoms with van der Waals surface area (Å²) in [7, 11) is 0. The first-order chi connectivity index (χ1) is 10.2. The van der Waals surface area contributed by atoms with Crippen LogP contribution in [0.2, 0.25) is 0 Å². The van der Waals surface area contributed by atoms with Gasteiger partial charge >= 0.3 is 0 Å². The van der Waals surface area contributed by atoms with Gasteiger partial charge in [-0.05, 0) is 44.0 Å². The number of rotatable bonds is 10. The Hall–Kier alpha value is -1.00. The Morgan fingerprint density at radius 1 is 1.24 bits per heavy atom. The highest BCUT2D eigenvalue weighted by Crippen LogP contribution is 2.24. The van der Waals surface area contributed by atoms with Crippen molar-refractivity contribution in [1.29, 1.82) is 0 Å². The maximum Gasteiger partial charge on any atom is 0.233 e. The molecule has 0 aromatic heterocycles. The molecule has 0 aliphatic heterocycles. The number of amides is 1. The van der Waals surface area contributed by atoms with Crippen LogP contribution in [-0.4, -0.2) is 24.2 Å². The second kappa shape index (κ2) is 10.7. The zero-order valence-electron chi connectivity index (χ0n) is 13.4. The number of hydrogen-bond acceptors (Lipinski definition) is 3. The molecule has 0 radical (unpaired) electrons. The van der Waals surface area contributed by atoms with Gasteiger partial charge in [-0.3, -0.25) is 4.79 Å². The largest absolute Gasteiger partial charge is 0.355 e. The first kappa shape index (κ1) is 18.1. The Bertz CT molecular complexity index is 423. The molecule has 0 bridgehead atoms. The molecule has 3 nitrogen and oxygen atoms in total. The third-order valence-electron chi connectivity index (χ3n) is 3.17. The van der Waals surface area contributed by atoms with E-state index in [1.54, 1.807) is 11.8 Å². The van der Waals surface area contributed by atoms with Crippen LogP contribution < -0.4 is 10.6 Å². The Kier molecular flexibility index (Phi) is 9.19. The number of hydrogen-bond donors (Lipinski definition) is 2. The van der Waals surface area contributed by atoms with Crippen molar-refractivity contribution in [1.82, 2.24) is 10.6 Å². The fourth-order valence-electron chi connectivity index (χ4n) is 1.93. The second-order valence-corrected chi connectivity index (χ2v) is 6.64. The monoisotopic (exact) mass is 308 g/mol. The lowest BCUT2D eigenvalue weighted by atomic mass is 10.2. The van der Waals surface area contributed by atoms with Crippen LogP contribution in [0.5, 0.6) is 0 Å². The number of thioether (sulfide) groups is 1. The maximum atomic E-state index is 12.0. The summed E-state index contributed by atoms with van der Waals surface area (Å²) >= 11 is 1.62. The van der Waals surface area contributed by atoms with Gasteiger partial charge in [-0.2, -0.15) is 0 Å². The van der Waals surface area contributed by atoms with Crippen LogP contribution in [-0.2, 0) is 11.3 Å². The molecule has 1 unspecified atom stereocenters. The van der Waals surface area contributed by atoms with Gasteiger partial charge in [-0.1, -0.05) is 32.4 Å². The van der Waals surface area contributed by atoms with Gasteiger partial charge < -0.3 is 10.6 Å².